The van der Waals surface area contributed by atoms with Gasteiger partial charge in [-0.3, -0.25) is 9.59 Å². The van der Waals surface area contributed by atoms with Gasteiger partial charge in [0, 0.05) is 30.1 Å². The van der Waals surface area contributed by atoms with Crippen LogP contribution in [0.4, 0.5) is 0 Å². The smallest absolute Gasteiger partial charge is 0.139 e. The summed E-state index contributed by atoms with van der Waals surface area (Å²) in [6.07, 6.45) is 10.9. The molecule has 0 N–H and O–H groups in total. The van der Waals surface area contributed by atoms with Crippen molar-refractivity contribution in [1.82, 2.24) is 0 Å². The molecule has 0 heterocycles. The van der Waals surface area contributed by atoms with Crippen LogP contribution >= 0.6 is 0 Å². The Morgan fingerprint density at radius 2 is 1.95 bits per heavy atom. The molecule has 21 heavy (non-hydrogen) atoms. The highest BCUT2D eigenvalue weighted by Crippen LogP contribution is 2.61. The average molecular weight is 284 g/mol. The quantitative estimate of drug-likeness (QED) is 0.630. The number of hydrogen-bond acceptors (Lipinski definition) is 2. The van der Waals surface area contributed by atoms with E-state index in [4.69, 9.17) is 0 Å². The minimum atomic E-state index is -0.111. The number of Topliss-reactive ketones (excluding diaryl/α,β-unsaturated/α-hetero) is 2. The number of carbonyl (C=O) groups is 2. The molecule has 0 unspecified atom stereocenters. The van der Waals surface area contributed by atoms with E-state index in [1.54, 1.807) is 5.57 Å². The lowest BCUT2D eigenvalue weighted by Gasteiger charge is -2.51. The van der Waals surface area contributed by atoms with Crippen LogP contribution in [0.15, 0.2) is 23.3 Å². The largest absolute Gasteiger partial charge is 0.299 e. The molecule has 2 heteroatoms. The first-order chi connectivity index (χ1) is 9.95. The Balaban J connectivity index is 1.77. The lowest BCUT2D eigenvalue weighted by Crippen LogP contribution is -2.44. The predicted molar refractivity (Wildman–Crippen MR) is 81.7 cm³/mol. The van der Waals surface area contributed by atoms with Crippen molar-refractivity contribution in [2.24, 2.45) is 22.7 Å². The Morgan fingerprint density at radius 3 is 2.76 bits per heavy atom. The average Bonchev–Trinajstić information content (AvgIpc) is 2.76. The maximum absolute atomic E-state index is 12.3. The summed E-state index contributed by atoms with van der Waals surface area (Å²) >= 11 is 0. The van der Waals surface area contributed by atoms with Gasteiger partial charge in [-0.05, 0) is 37.5 Å². The molecule has 0 aromatic rings. The molecule has 0 aliphatic heterocycles. The van der Waals surface area contributed by atoms with Gasteiger partial charge in [0.25, 0.3) is 0 Å². The lowest BCUT2D eigenvalue weighted by molar-refractivity contribution is -0.127. The van der Waals surface area contributed by atoms with Gasteiger partial charge >= 0.3 is 0 Å². The van der Waals surface area contributed by atoms with Crippen LogP contribution in [0, 0.1) is 22.7 Å². The van der Waals surface area contributed by atoms with Crippen LogP contribution in [0.2, 0.25) is 0 Å². The highest BCUT2D eigenvalue weighted by Gasteiger charge is 2.55. The van der Waals surface area contributed by atoms with Crippen molar-refractivity contribution in [1.29, 1.82) is 0 Å². The summed E-state index contributed by atoms with van der Waals surface area (Å²) in [5.41, 5.74) is 2.91. The molecule has 2 nitrogen and oxygen atoms in total. The first kappa shape index (κ1) is 13.5. The van der Waals surface area contributed by atoms with Gasteiger partial charge in [-0.15, -0.1) is 0 Å². The highest BCUT2D eigenvalue weighted by molar-refractivity contribution is 5.88. The lowest BCUT2D eigenvalue weighted by atomic mass is 9.52. The Labute approximate surface area is 126 Å². The van der Waals surface area contributed by atoms with Gasteiger partial charge in [0.1, 0.15) is 11.6 Å². The number of fused-ring (bicyclic) bond motifs is 5. The van der Waals surface area contributed by atoms with E-state index in [0.717, 1.165) is 38.5 Å². The minimum absolute atomic E-state index is 0.101. The van der Waals surface area contributed by atoms with Crippen LogP contribution in [-0.4, -0.2) is 11.6 Å². The third kappa shape index (κ3) is 1.65. The third-order valence-electron chi connectivity index (χ3n) is 7.02. The molecule has 0 bridgehead atoms. The maximum Gasteiger partial charge on any atom is 0.139 e. The molecule has 0 aromatic heterocycles. The van der Waals surface area contributed by atoms with Crippen molar-refractivity contribution in [2.75, 3.05) is 0 Å². The van der Waals surface area contributed by atoms with Gasteiger partial charge in [-0.25, -0.2) is 0 Å². The number of allylic oxidation sites excluding steroid dienone is 4. The van der Waals surface area contributed by atoms with E-state index in [-0.39, 0.29) is 10.8 Å². The zero-order valence-corrected chi connectivity index (χ0v) is 13.1. The van der Waals surface area contributed by atoms with Crippen LogP contribution in [0.25, 0.3) is 0 Å². The van der Waals surface area contributed by atoms with E-state index in [9.17, 15) is 9.59 Å². The Kier molecular flexibility index (Phi) is 2.68. The first-order valence-corrected chi connectivity index (χ1v) is 8.40. The molecule has 4 rings (SSSR count). The molecular weight excluding hydrogens is 260 g/mol. The molecule has 4 aliphatic carbocycles. The summed E-state index contributed by atoms with van der Waals surface area (Å²) < 4.78 is 0. The van der Waals surface area contributed by atoms with Gasteiger partial charge in [0.2, 0.25) is 0 Å². The Bertz CT molecular complexity index is 597. The van der Waals surface area contributed by atoms with Crippen LogP contribution < -0.4 is 0 Å². The number of carbonyl (C=O) groups excluding carboxylic acids is 2. The fourth-order valence-electron chi connectivity index (χ4n) is 5.57. The fraction of sp³-hybridized carbons (Fsp3) is 0.684. The van der Waals surface area contributed by atoms with Crippen LogP contribution in [0.3, 0.4) is 0 Å². The summed E-state index contributed by atoms with van der Waals surface area (Å²) in [4.78, 5) is 24.1. The summed E-state index contributed by atoms with van der Waals surface area (Å²) in [5, 5.41) is 0. The summed E-state index contributed by atoms with van der Waals surface area (Å²) in [6.45, 7) is 4.52. The molecule has 0 spiro atoms. The van der Waals surface area contributed by atoms with Crippen molar-refractivity contribution in [3.05, 3.63) is 23.3 Å². The zero-order valence-electron chi connectivity index (χ0n) is 13.1. The number of hydrogen-bond donors (Lipinski definition) is 0. The minimum Gasteiger partial charge on any atom is -0.299 e. The molecule has 4 atom stereocenters. The van der Waals surface area contributed by atoms with Crippen molar-refractivity contribution < 1.29 is 9.59 Å². The van der Waals surface area contributed by atoms with E-state index in [1.165, 1.54) is 5.57 Å². The topological polar surface area (TPSA) is 34.1 Å². The van der Waals surface area contributed by atoms with E-state index >= 15 is 0 Å². The molecule has 0 saturated heterocycles. The van der Waals surface area contributed by atoms with Crippen molar-refractivity contribution in [2.45, 2.75) is 58.8 Å². The monoisotopic (exact) mass is 284 g/mol. The number of rotatable bonds is 0. The van der Waals surface area contributed by atoms with Gasteiger partial charge in [0.05, 0.1) is 0 Å². The molecule has 4 aliphatic rings. The van der Waals surface area contributed by atoms with Crippen LogP contribution in [0.1, 0.15) is 58.8 Å². The second-order valence-corrected chi connectivity index (χ2v) is 7.97. The van der Waals surface area contributed by atoms with E-state index in [1.807, 2.05) is 0 Å². The molecule has 0 aromatic carbocycles. The summed E-state index contributed by atoms with van der Waals surface area (Å²) in [5.74, 6) is 1.94. The summed E-state index contributed by atoms with van der Waals surface area (Å²) in [7, 11) is 0. The molecule has 0 amide bonds. The second-order valence-electron chi connectivity index (χ2n) is 7.97. The zero-order chi connectivity index (χ0) is 14.8. The standard InChI is InChI=1S/C19H24O2/c1-18-9-7-13(20)11-12(18)3-4-14-15-5-6-17(21)19(15,2)10-8-16(14)18/h3,8,14-15H,4-7,9-11H2,1-2H3/t14-,15-,18-,19-/m0/s1. The molecule has 2 saturated carbocycles. The molecular formula is C19H24O2. The SMILES string of the molecule is C[C@]12CCC(=O)CC1=CC[C@@H]1C2=CC[C@]2(C)C(=O)CC[C@@H]12. The maximum atomic E-state index is 12.3. The van der Waals surface area contributed by atoms with Crippen LogP contribution in [0.5, 0.6) is 0 Å². The van der Waals surface area contributed by atoms with Crippen molar-refractivity contribution in [3.63, 3.8) is 0 Å². The van der Waals surface area contributed by atoms with Gasteiger partial charge in [-0.1, -0.05) is 37.1 Å². The van der Waals surface area contributed by atoms with E-state index in [2.05, 4.69) is 26.0 Å². The highest BCUT2D eigenvalue weighted by atomic mass is 16.1. The first-order valence-electron chi connectivity index (χ1n) is 8.40. The van der Waals surface area contributed by atoms with Gasteiger partial charge in [-0.2, -0.15) is 0 Å². The Morgan fingerprint density at radius 1 is 1.14 bits per heavy atom. The van der Waals surface area contributed by atoms with Crippen molar-refractivity contribution in [3.8, 4) is 0 Å². The van der Waals surface area contributed by atoms with E-state index in [0.29, 0.717) is 29.8 Å². The number of ketones is 2. The Hall–Kier alpha value is -1.18. The molecule has 0 radical (unpaired) electrons. The molecule has 112 valence electrons. The predicted octanol–water partition coefficient (Wildman–Crippen LogP) is 4.01. The fourth-order valence-corrected chi connectivity index (χ4v) is 5.57. The normalized spacial score (nSPS) is 45.4. The third-order valence-corrected chi connectivity index (χ3v) is 7.02. The van der Waals surface area contributed by atoms with Crippen molar-refractivity contribution >= 4 is 11.6 Å². The van der Waals surface area contributed by atoms with Gasteiger partial charge in [0.15, 0.2) is 0 Å². The van der Waals surface area contributed by atoms with E-state index < -0.39 is 0 Å². The second kappa shape index (κ2) is 4.18. The summed E-state index contributed by atoms with van der Waals surface area (Å²) in [6, 6.07) is 0. The van der Waals surface area contributed by atoms with Gasteiger partial charge < -0.3 is 0 Å². The van der Waals surface area contributed by atoms with Crippen LogP contribution in [-0.2, 0) is 9.59 Å². The molecule has 2 fully saturated rings.